The maximum absolute atomic E-state index is 12.9. The molecule has 4 rings (SSSR count). The summed E-state index contributed by atoms with van der Waals surface area (Å²) in [5.41, 5.74) is 2.53. The molecule has 0 atom stereocenters. The van der Waals surface area contributed by atoms with Crippen LogP contribution in [0.5, 0.6) is 0 Å². The van der Waals surface area contributed by atoms with Gasteiger partial charge in [0.2, 0.25) is 5.78 Å². The number of aromatic nitrogens is 2. The number of halogens is 2. The molecule has 0 aliphatic rings. The van der Waals surface area contributed by atoms with Gasteiger partial charge >= 0.3 is 0 Å². The van der Waals surface area contributed by atoms with Crippen LogP contribution in [0.3, 0.4) is 0 Å². The lowest BCUT2D eigenvalue weighted by Crippen LogP contribution is -2.01. The third-order valence-electron chi connectivity index (χ3n) is 4.19. The summed E-state index contributed by atoms with van der Waals surface area (Å²) >= 11 is 12.4. The van der Waals surface area contributed by atoms with E-state index in [2.05, 4.69) is 4.98 Å². The molecule has 1 aromatic heterocycles. The fourth-order valence-electron chi connectivity index (χ4n) is 2.86. The van der Waals surface area contributed by atoms with Crippen molar-refractivity contribution >= 4 is 29.0 Å². The Morgan fingerprint density at radius 1 is 0.815 bits per heavy atom. The Kier molecular flexibility index (Phi) is 4.80. The van der Waals surface area contributed by atoms with Crippen molar-refractivity contribution in [2.75, 3.05) is 0 Å². The minimum absolute atomic E-state index is 0.142. The van der Waals surface area contributed by atoms with Gasteiger partial charge in [-0.25, -0.2) is 4.98 Å². The molecule has 3 nitrogen and oxygen atoms in total. The lowest BCUT2D eigenvalue weighted by Gasteiger charge is -2.09. The van der Waals surface area contributed by atoms with E-state index in [0.29, 0.717) is 27.1 Å². The number of hydrogen-bond donors (Lipinski definition) is 0. The summed E-state index contributed by atoms with van der Waals surface area (Å²) in [6, 6.07) is 23.9. The number of carbonyl (C=O) groups excluding carboxylic acids is 1. The molecule has 5 heteroatoms. The van der Waals surface area contributed by atoms with Crippen molar-refractivity contribution in [3.8, 4) is 17.1 Å². The number of carbonyl (C=O) groups is 1. The molecular formula is C22H14Cl2N2O. The predicted octanol–water partition coefficient (Wildman–Crippen LogP) is 6.08. The Hall–Kier alpha value is -2.88. The highest BCUT2D eigenvalue weighted by molar-refractivity contribution is 6.33. The molecule has 0 aliphatic carbocycles. The van der Waals surface area contributed by atoms with Crippen molar-refractivity contribution in [1.82, 2.24) is 9.55 Å². The molecule has 27 heavy (non-hydrogen) atoms. The average Bonchev–Trinajstić information content (AvgIpc) is 3.14. The standard InChI is InChI=1S/C22H14Cl2N2O/c23-16-10-12-17(13-11-16)26-14-20(21(27)15-6-2-1-3-7-15)25-22(26)18-8-4-5-9-19(18)24/h1-14H. The van der Waals surface area contributed by atoms with E-state index in [9.17, 15) is 4.79 Å². The van der Waals surface area contributed by atoms with Crippen LogP contribution >= 0.6 is 23.2 Å². The van der Waals surface area contributed by atoms with Crippen LogP contribution in [0.4, 0.5) is 0 Å². The molecule has 0 saturated heterocycles. The molecule has 0 amide bonds. The van der Waals surface area contributed by atoms with E-state index in [1.165, 1.54) is 0 Å². The molecular weight excluding hydrogens is 379 g/mol. The van der Waals surface area contributed by atoms with Gasteiger partial charge in [-0.1, -0.05) is 65.7 Å². The van der Waals surface area contributed by atoms with Crippen molar-refractivity contribution in [2.24, 2.45) is 0 Å². The van der Waals surface area contributed by atoms with Crippen LogP contribution in [0.2, 0.25) is 10.0 Å². The molecule has 0 N–H and O–H groups in total. The minimum Gasteiger partial charge on any atom is -0.299 e. The summed E-state index contributed by atoms with van der Waals surface area (Å²) in [6.45, 7) is 0. The SMILES string of the molecule is O=C(c1ccccc1)c1cn(-c2ccc(Cl)cc2)c(-c2ccccc2Cl)n1. The summed E-state index contributed by atoms with van der Waals surface area (Å²) in [6.07, 6.45) is 1.73. The molecule has 3 aromatic carbocycles. The van der Waals surface area contributed by atoms with Gasteiger partial charge < -0.3 is 0 Å². The van der Waals surface area contributed by atoms with Gasteiger partial charge in [0.15, 0.2) is 0 Å². The first kappa shape index (κ1) is 17.5. The highest BCUT2D eigenvalue weighted by Crippen LogP contribution is 2.30. The number of imidazole rings is 1. The largest absolute Gasteiger partial charge is 0.299 e. The zero-order valence-corrected chi connectivity index (χ0v) is 15.7. The van der Waals surface area contributed by atoms with E-state index in [4.69, 9.17) is 23.2 Å². The fraction of sp³-hybridized carbons (Fsp3) is 0. The van der Waals surface area contributed by atoms with Crippen LogP contribution in [0, 0.1) is 0 Å². The minimum atomic E-state index is -0.142. The van der Waals surface area contributed by atoms with Crippen LogP contribution < -0.4 is 0 Å². The van der Waals surface area contributed by atoms with Crippen molar-refractivity contribution in [3.05, 3.63) is 106 Å². The molecule has 132 valence electrons. The molecule has 0 spiro atoms. The quantitative estimate of drug-likeness (QED) is 0.394. The van der Waals surface area contributed by atoms with Crippen molar-refractivity contribution in [3.63, 3.8) is 0 Å². The van der Waals surface area contributed by atoms with Crippen molar-refractivity contribution in [2.45, 2.75) is 0 Å². The Bertz CT molecular complexity index is 1100. The lowest BCUT2D eigenvalue weighted by molar-refractivity contribution is 0.103. The molecule has 0 bridgehead atoms. The van der Waals surface area contributed by atoms with Crippen LogP contribution in [0.1, 0.15) is 16.1 Å². The first-order valence-electron chi connectivity index (χ1n) is 8.33. The van der Waals surface area contributed by atoms with Gasteiger partial charge in [0, 0.05) is 28.0 Å². The summed E-state index contributed by atoms with van der Waals surface area (Å²) in [4.78, 5) is 17.5. The summed E-state index contributed by atoms with van der Waals surface area (Å²) in [7, 11) is 0. The Balaban J connectivity index is 1.88. The Morgan fingerprint density at radius 2 is 1.48 bits per heavy atom. The van der Waals surface area contributed by atoms with E-state index < -0.39 is 0 Å². The molecule has 0 radical (unpaired) electrons. The van der Waals surface area contributed by atoms with E-state index in [1.807, 2.05) is 53.1 Å². The third kappa shape index (κ3) is 3.52. The average molecular weight is 393 g/mol. The topological polar surface area (TPSA) is 34.9 Å². The van der Waals surface area contributed by atoms with E-state index in [1.54, 1.807) is 36.5 Å². The second-order valence-corrected chi connectivity index (χ2v) is 6.81. The van der Waals surface area contributed by atoms with Crippen LogP contribution in [-0.2, 0) is 0 Å². The summed E-state index contributed by atoms with van der Waals surface area (Å²) < 4.78 is 1.85. The maximum Gasteiger partial charge on any atom is 0.212 e. The first-order chi connectivity index (χ1) is 13.1. The van der Waals surface area contributed by atoms with E-state index in [0.717, 1.165) is 11.3 Å². The normalized spacial score (nSPS) is 10.7. The highest BCUT2D eigenvalue weighted by Gasteiger charge is 2.19. The Morgan fingerprint density at radius 3 is 2.19 bits per heavy atom. The van der Waals surface area contributed by atoms with E-state index in [-0.39, 0.29) is 5.78 Å². The zero-order chi connectivity index (χ0) is 18.8. The van der Waals surface area contributed by atoms with Gasteiger partial charge in [0.05, 0.1) is 5.02 Å². The van der Waals surface area contributed by atoms with Gasteiger partial charge in [-0.2, -0.15) is 0 Å². The van der Waals surface area contributed by atoms with Gasteiger partial charge in [-0.3, -0.25) is 9.36 Å². The van der Waals surface area contributed by atoms with Crippen molar-refractivity contribution in [1.29, 1.82) is 0 Å². The summed E-state index contributed by atoms with van der Waals surface area (Å²) in [5.74, 6) is 0.457. The van der Waals surface area contributed by atoms with Gasteiger partial charge in [0.25, 0.3) is 0 Å². The van der Waals surface area contributed by atoms with Gasteiger partial charge in [0.1, 0.15) is 11.5 Å². The monoisotopic (exact) mass is 392 g/mol. The lowest BCUT2D eigenvalue weighted by atomic mass is 10.1. The van der Waals surface area contributed by atoms with Gasteiger partial charge in [-0.15, -0.1) is 0 Å². The molecule has 1 heterocycles. The second kappa shape index (κ2) is 7.39. The molecule has 0 fully saturated rings. The number of benzene rings is 3. The zero-order valence-electron chi connectivity index (χ0n) is 14.1. The van der Waals surface area contributed by atoms with Crippen LogP contribution in [0.25, 0.3) is 17.1 Å². The Labute approximate surface area is 166 Å². The number of rotatable bonds is 4. The molecule has 0 aliphatic heterocycles. The third-order valence-corrected chi connectivity index (χ3v) is 4.78. The smallest absolute Gasteiger partial charge is 0.212 e. The fourth-order valence-corrected chi connectivity index (χ4v) is 3.20. The molecule has 0 saturated carbocycles. The number of nitrogens with zero attached hydrogens (tertiary/aromatic N) is 2. The summed E-state index contributed by atoms with van der Waals surface area (Å²) in [5, 5.41) is 1.20. The predicted molar refractivity (Wildman–Crippen MR) is 109 cm³/mol. The second-order valence-electron chi connectivity index (χ2n) is 5.97. The molecule has 0 unspecified atom stereocenters. The van der Waals surface area contributed by atoms with Crippen LogP contribution in [0.15, 0.2) is 85.1 Å². The van der Waals surface area contributed by atoms with Gasteiger partial charge in [-0.05, 0) is 36.4 Å². The first-order valence-corrected chi connectivity index (χ1v) is 9.09. The highest BCUT2D eigenvalue weighted by atomic mass is 35.5. The van der Waals surface area contributed by atoms with Crippen molar-refractivity contribution < 1.29 is 4.79 Å². The number of hydrogen-bond acceptors (Lipinski definition) is 2. The number of ketones is 1. The molecule has 4 aromatic rings. The maximum atomic E-state index is 12.9. The van der Waals surface area contributed by atoms with E-state index >= 15 is 0 Å². The van der Waals surface area contributed by atoms with Crippen LogP contribution in [-0.4, -0.2) is 15.3 Å².